The Labute approximate surface area is 172 Å². The first-order chi connectivity index (χ1) is 12.9. The van der Waals surface area contributed by atoms with E-state index in [-0.39, 0.29) is 28.8 Å². The zero-order chi connectivity index (χ0) is 21.4. The molecule has 2 N–H and O–H groups in total. The maximum Gasteiger partial charge on any atom is 0.335 e. The van der Waals surface area contributed by atoms with Crippen molar-refractivity contribution in [3.63, 3.8) is 0 Å². The summed E-state index contributed by atoms with van der Waals surface area (Å²) in [7, 11) is -4.05. The number of hydrogen-bond donors (Lipinski definition) is 2. The molecule has 0 spiro atoms. The van der Waals surface area contributed by atoms with Gasteiger partial charge in [-0.25, -0.2) is 0 Å². The summed E-state index contributed by atoms with van der Waals surface area (Å²) in [6, 6.07) is 0. The summed E-state index contributed by atoms with van der Waals surface area (Å²) in [6.07, 6.45) is -4.47. The quantitative estimate of drug-likeness (QED) is 0.641. The van der Waals surface area contributed by atoms with Gasteiger partial charge in [0.25, 0.3) is 0 Å². The van der Waals surface area contributed by atoms with E-state index in [0.717, 1.165) is 0 Å². The summed E-state index contributed by atoms with van der Waals surface area (Å²) in [5.74, 6) is 0. The molecule has 9 heteroatoms. The Morgan fingerprint density at radius 2 is 1.32 bits per heavy atom. The second-order valence-corrected chi connectivity index (χ2v) is 18.2. The second kappa shape index (κ2) is 9.11. The van der Waals surface area contributed by atoms with Crippen LogP contribution in [0.5, 0.6) is 0 Å². The van der Waals surface area contributed by atoms with E-state index in [9.17, 15) is 10.2 Å². The van der Waals surface area contributed by atoms with Crippen LogP contribution in [0, 0.1) is 0 Å². The predicted molar refractivity (Wildman–Crippen MR) is 111 cm³/mol. The Kier molecular flexibility index (Phi) is 7.95. The van der Waals surface area contributed by atoms with Gasteiger partial charge >= 0.3 is 17.1 Å². The normalized spacial score (nSPS) is 35.9. The lowest BCUT2D eigenvalue weighted by atomic mass is 9.99. The van der Waals surface area contributed by atoms with Gasteiger partial charge in [-0.15, -0.1) is 0 Å². The SMILES string of the molecule is CO[C@H]1O[C@@H]2CO[Si](C(C)C)(C(C)C)O[Si](C(C)C)(C(C)C)O[C@H]2[C@H](O)[C@H]1O. The molecule has 2 rings (SSSR count). The van der Waals surface area contributed by atoms with Crippen LogP contribution in [0.15, 0.2) is 0 Å². The largest absolute Gasteiger partial charge is 0.414 e. The Balaban J connectivity index is 2.55. The van der Waals surface area contributed by atoms with E-state index in [1.165, 1.54) is 7.11 Å². The highest BCUT2D eigenvalue weighted by Gasteiger charge is 2.61. The van der Waals surface area contributed by atoms with Crippen LogP contribution in [0.3, 0.4) is 0 Å². The van der Waals surface area contributed by atoms with Crippen molar-refractivity contribution >= 4 is 17.1 Å². The molecule has 5 atom stereocenters. The fourth-order valence-electron chi connectivity index (χ4n) is 4.52. The van der Waals surface area contributed by atoms with Crippen LogP contribution in [-0.2, 0) is 22.4 Å². The molecule has 2 fully saturated rings. The lowest BCUT2D eigenvalue weighted by Gasteiger charge is -2.54. The van der Waals surface area contributed by atoms with Crippen LogP contribution >= 0.6 is 0 Å². The molecule has 2 saturated heterocycles. The summed E-state index contributed by atoms with van der Waals surface area (Å²) < 4.78 is 31.6. The zero-order valence-electron chi connectivity index (χ0n) is 18.8. The maximum atomic E-state index is 10.8. The summed E-state index contributed by atoms with van der Waals surface area (Å²) in [6.45, 7) is 17.3. The topological polar surface area (TPSA) is 86.6 Å². The molecule has 0 saturated carbocycles. The fraction of sp³-hybridized carbons (Fsp3) is 1.00. The average molecular weight is 437 g/mol. The standard InChI is InChI=1S/C19H40O7Si2/c1-11(2)27(12(3)4)23-10-15-18(16(20)17(21)19(22-9)24-15)25-28(26-27,13(5)6)14(7)8/h11-21H,10H2,1-9H3/t15-,16-,17-,18-,19+/m1/s1. The highest BCUT2D eigenvalue weighted by molar-refractivity contribution is 6.83. The molecule has 0 aromatic heterocycles. The van der Waals surface area contributed by atoms with Crippen molar-refractivity contribution in [2.45, 2.75) is 108 Å². The molecule has 7 nitrogen and oxygen atoms in total. The van der Waals surface area contributed by atoms with E-state index in [1.54, 1.807) is 0 Å². The second-order valence-electron chi connectivity index (χ2n) is 9.32. The minimum absolute atomic E-state index is 0.142. The van der Waals surface area contributed by atoms with Gasteiger partial charge in [0.2, 0.25) is 0 Å². The molecule has 28 heavy (non-hydrogen) atoms. The molecule has 0 radical (unpaired) electrons. The predicted octanol–water partition coefficient (Wildman–Crippen LogP) is 3.04. The number of rotatable bonds is 5. The Morgan fingerprint density at radius 3 is 1.75 bits per heavy atom. The first kappa shape index (κ1) is 24.4. The molecule has 0 unspecified atom stereocenters. The van der Waals surface area contributed by atoms with Crippen molar-refractivity contribution in [3.8, 4) is 0 Å². The van der Waals surface area contributed by atoms with Crippen molar-refractivity contribution in [2.24, 2.45) is 0 Å². The number of aliphatic hydroxyl groups excluding tert-OH is 2. The molecule has 2 aliphatic heterocycles. The van der Waals surface area contributed by atoms with Gasteiger partial charge in [0.15, 0.2) is 6.29 Å². The van der Waals surface area contributed by atoms with Gasteiger partial charge in [0.1, 0.15) is 24.4 Å². The van der Waals surface area contributed by atoms with Crippen molar-refractivity contribution in [2.75, 3.05) is 13.7 Å². The summed E-state index contributed by atoms with van der Waals surface area (Å²) in [4.78, 5) is 0. The molecular weight excluding hydrogens is 396 g/mol. The van der Waals surface area contributed by atoms with Gasteiger partial charge in [-0.3, -0.25) is 0 Å². The Morgan fingerprint density at radius 1 is 0.821 bits per heavy atom. The van der Waals surface area contributed by atoms with Crippen molar-refractivity contribution < 1.29 is 32.7 Å². The monoisotopic (exact) mass is 436 g/mol. The number of hydrogen-bond acceptors (Lipinski definition) is 7. The summed E-state index contributed by atoms with van der Waals surface area (Å²) in [5, 5.41) is 21.3. The Hall–Kier alpha value is 0.154. The number of aliphatic hydroxyl groups is 2. The third-order valence-corrected chi connectivity index (χ3v) is 16.5. The molecular formula is C19H40O7Si2. The van der Waals surface area contributed by atoms with Gasteiger partial charge in [-0.2, -0.15) is 0 Å². The van der Waals surface area contributed by atoms with Crippen LogP contribution in [-0.4, -0.2) is 71.8 Å². The molecule has 0 aromatic rings. The molecule has 2 aliphatic rings. The van der Waals surface area contributed by atoms with Gasteiger partial charge in [0.05, 0.1) is 6.61 Å². The highest BCUT2D eigenvalue weighted by Crippen LogP contribution is 2.47. The molecule has 0 aromatic carbocycles. The zero-order valence-corrected chi connectivity index (χ0v) is 20.8. The lowest BCUT2D eigenvalue weighted by molar-refractivity contribution is -0.294. The van der Waals surface area contributed by atoms with E-state index >= 15 is 0 Å². The van der Waals surface area contributed by atoms with Crippen LogP contribution in [0.2, 0.25) is 22.2 Å². The molecule has 166 valence electrons. The van der Waals surface area contributed by atoms with E-state index in [4.69, 9.17) is 22.4 Å². The van der Waals surface area contributed by atoms with Gasteiger partial charge in [0, 0.05) is 7.11 Å². The third-order valence-electron chi connectivity index (χ3n) is 6.20. The summed E-state index contributed by atoms with van der Waals surface area (Å²) >= 11 is 0. The summed E-state index contributed by atoms with van der Waals surface area (Å²) in [5.41, 5.74) is 0.746. The van der Waals surface area contributed by atoms with E-state index in [1.807, 2.05) is 0 Å². The Bertz CT molecular complexity index is 499. The highest BCUT2D eigenvalue weighted by atomic mass is 28.5. The minimum Gasteiger partial charge on any atom is -0.414 e. The third kappa shape index (κ3) is 4.15. The minimum atomic E-state index is -2.85. The maximum absolute atomic E-state index is 10.8. The molecule has 0 amide bonds. The smallest absolute Gasteiger partial charge is 0.335 e. The van der Waals surface area contributed by atoms with Gasteiger partial charge in [-0.05, 0) is 22.2 Å². The van der Waals surface area contributed by atoms with Crippen LogP contribution in [0.25, 0.3) is 0 Å². The number of ether oxygens (including phenoxy) is 2. The van der Waals surface area contributed by atoms with Crippen molar-refractivity contribution in [1.82, 2.24) is 0 Å². The molecule has 0 bridgehead atoms. The van der Waals surface area contributed by atoms with E-state index in [0.29, 0.717) is 0 Å². The average Bonchev–Trinajstić information content (AvgIpc) is 2.58. The van der Waals surface area contributed by atoms with Crippen LogP contribution in [0.4, 0.5) is 0 Å². The van der Waals surface area contributed by atoms with E-state index in [2.05, 4.69) is 55.4 Å². The number of fused-ring (bicyclic) bond motifs is 1. The first-order valence-corrected chi connectivity index (χ1v) is 14.4. The van der Waals surface area contributed by atoms with Crippen molar-refractivity contribution in [3.05, 3.63) is 0 Å². The van der Waals surface area contributed by atoms with Gasteiger partial charge in [-0.1, -0.05) is 55.4 Å². The number of methoxy groups -OCH3 is 1. The van der Waals surface area contributed by atoms with Crippen LogP contribution in [0.1, 0.15) is 55.4 Å². The molecule has 2 heterocycles. The van der Waals surface area contributed by atoms with Crippen molar-refractivity contribution in [1.29, 1.82) is 0 Å². The van der Waals surface area contributed by atoms with E-state index < -0.39 is 47.8 Å². The lowest BCUT2D eigenvalue weighted by Crippen LogP contribution is -2.70. The fourth-order valence-corrected chi connectivity index (χ4v) is 15.7. The van der Waals surface area contributed by atoms with Crippen LogP contribution < -0.4 is 0 Å². The van der Waals surface area contributed by atoms with Gasteiger partial charge < -0.3 is 32.7 Å². The molecule has 0 aliphatic carbocycles. The first-order valence-electron chi connectivity index (χ1n) is 10.5.